The molecule has 0 atom stereocenters. The van der Waals surface area contributed by atoms with Crippen LogP contribution in [0.15, 0.2) is 53.2 Å². The predicted octanol–water partition coefficient (Wildman–Crippen LogP) is 4.18. The van der Waals surface area contributed by atoms with Crippen molar-refractivity contribution in [3.8, 4) is 0 Å². The third-order valence-electron chi connectivity index (χ3n) is 3.36. The van der Waals surface area contributed by atoms with E-state index in [1.807, 2.05) is 24.3 Å². The zero-order valence-electron chi connectivity index (χ0n) is 11.5. The largest absolute Gasteiger partial charge is 0.452 e. The number of para-hydroxylation sites is 1. The van der Waals surface area contributed by atoms with E-state index in [1.165, 1.54) is 0 Å². The summed E-state index contributed by atoms with van der Waals surface area (Å²) in [6, 6.07) is 11.2. The van der Waals surface area contributed by atoms with Gasteiger partial charge >= 0.3 is 0 Å². The van der Waals surface area contributed by atoms with Crippen molar-refractivity contribution in [1.29, 1.82) is 0 Å². The average molecular weight is 265 g/mol. The van der Waals surface area contributed by atoms with Gasteiger partial charge in [0.25, 0.3) is 0 Å². The molecule has 20 heavy (non-hydrogen) atoms. The van der Waals surface area contributed by atoms with Crippen molar-refractivity contribution in [3.05, 3.63) is 65.7 Å². The molecule has 0 radical (unpaired) electrons. The van der Waals surface area contributed by atoms with E-state index in [0.29, 0.717) is 11.3 Å². The number of carbonyl (C=O) groups is 1. The van der Waals surface area contributed by atoms with Gasteiger partial charge in [0, 0.05) is 28.9 Å². The molecule has 0 N–H and O–H groups in total. The highest BCUT2D eigenvalue weighted by Gasteiger charge is 2.23. The summed E-state index contributed by atoms with van der Waals surface area (Å²) in [5.74, 6) is 0.569. The summed E-state index contributed by atoms with van der Waals surface area (Å²) in [7, 11) is 0. The van der Waals surface area contributed by atoms with E-state index in [4.69, 9.17) is 4.42 Å². The van der Waals surface area contributed by atoms with Crippen LogP contribution in [0.2, 0.25) is 0 Å². The zero-order chi connectivity index (χ0) is 14.1. The number of benzene rings is 1. The van der Waals surface area contributed by atoms with Crippen LogP contribution in [0.3, 0.4) is 0 Å². The van der Waals surface area contributed by atoms with Crippen molar-refractivity contribution in [2.75, 3.05) is 0 Å². The second-order valence-corrected chi connectivity index (χ2v) is 5.06. The second kappa shape index (κ2) is 4.93. The molecule has 0 spiro atoms. The molecule has 1 aromatic carbocycles. The van der Waals surface area contributed by atoms with Gasteiger partial charge in [0.2, 0.25) is 5.78 Å². The molecule has 3 nitrogen and oxygen atoms in total. The lowest BCUT2D eigenvalue weighted by Gasteiger charge is -2.05. The van der Waals surface area contributed by atoms with Crippen molar-refractivity contribution in [2.45, 2.75) is 19.8 Å². The minimum Gasteiger partial charge on any atom is -0.452 e. The topological polar surface area (TPSA) is 43.1 Å². The van der Waals surface area contributed by atoms with Gasteiger partial charge in [-0.05, 0) is 24.1 Å². The normalized spacial score (nSPS) is 11.2. The number of fused-ring (bicyclic) bond motifs is 1. The Morgan fingerprint density at radius 1 is 1.10 bits per heavy atom. The van der Waals surface area contributed by atoms with Gasteiger partial charge in [0.1, 0.15) is 5.58 Å². The van der Waals surface area contributed by atoms with Crippen molar-refractivity contribution >= 4 is 16.8 Å². The van der Waals surface area contributed by atoms with E-state index < -0.39 is 0 Å². The summed E-state index contributed by atoms with van der Waals surface area (Å²) in [6.07, 6.45) is 3.23. The first-order chi connectivity index (χ1) is 9.68. The maximum Gasteiger partial charge on any atom is 0.228 e. The molecular weight excluding hydrogens is 250 g/mol. The van der Waals surface area contributed by atoms with Gasteiger partial charge in [-0.1, -0.05) is 32.0 Å². The van der Waals surface area contributed by atoms with Crippen LogP contribution >= 0.6 is 0 Å². The molecule has 2 heterocycles. The lowest BCUT2D eigenvalue weighted by Crippen LogP contribution is -2.04. The number of ketones is 1. The molecule has 100 valence electrons. The first kappa shape index (κ1) is 12.6. The molecule has 0 unspecified atom stereocenters. The molecule has 0 saturated heterocycles. The van der Waals surface area contributed by atoms with E-state index in [1.54, 1.807) is 24.5 Å². The minimum absolute atomic E-state index is 0.0905. The zero-order valence-corrected chi connectivity index (χ0v) is 11.5. The number of hydrogen-bond acceptors (Lipinski definition) is 3. The summed E-state index contributed by atoms with van der Waals surface area (Å²) in [6.45, 7) is 4.14. The maximum absolute atomic E-state index is 12.6. The summed E-state index contributed by atoms with van der Waals surface area (Å²) in [5, 5.41) is 1.01. The van der Waals surface area contributed by atoms with Crippen molar-refractivity contribution in [2.24, 2.45) is 0 Å². The van der Waals surface area contributed by atoms with E-state index >= 15 is 0 Å². The highest BCUT2D eigenvalue weighted by molar-refractivity contribution is 6.10. The molecule has 0 saturated carbocycles. The Balaban J connectivity index is 2.21. The number of carbonyl (C=O) groups excluding carboxylic acids is 1. The highest BCUT2D eigenvalue weighted by atomic mass is 16.3. The molecule has 0 bridgehead atoms. The standard InChI is InChI=1S/C17H15NO2/c1-11(2)15-13-5-3-4-6-14(13)20-17(15)16(19)12-7-9-18-10-8-12/h3-11H,1-2H3. The van der Waals surface area contributed by atoms with E-state index in [-0.39, 0.29) is 11.7 Å². The van der Waals surface area contributed by atoms with Crippen molar-refractivity contribution in [1.82, 2.24) is 4.98 Å². The van der Waals surface area contributed by atoms with Gasteiger partial charge in [0.15, 0.2) is 5.76 Å². The van der Waals surface area contributed by atoms with Crippen LogP contribution in [0.25, 0.3) is 11.0 Å². The number of hydrogen-bond donors (Lipinski definition) is 0. The first-order valence-electron chi connectivity index (χ1n) is 6.64. The average Bonchev–Trinajstić information content (AvgIpc) is 2.86. The van der Waals surface area contributed by atoms with E-state index in [2.05, 4.69) is 18.8 Å². The Hall–Kier alpha value is -2.42. The summed E-state index contributed by atoms with van der Waals surface area (Å²) >= 11 is 0. The molecule has 0 fully saturated rings. The van der Waals surface area contributed by atoms with Gasteiger partial charge in [-0.3, -0.25) is 9.78 Å². The summed E-state index contributed by atoms with van der Waals surface area (Å²) in [5.41, 5.74) is 2.33. The van der Waals surface area contributed by atoms with Crippen LogP contribution in [0.4, 0.5) is 0 Å². The van der Waals surface area contributed by atoms with Crippen LogP contribution in [0.1, 0.15) is 41.4 Å². The van der Waals surface area contributed by atoms with E-state index in [0.717, 1.165) is 16.5 Å². The van der Waals surface area contributed by atoms with Crippen LogP contribution in [0.5, 0.6) is 0 Å². The number of nitrogens with zero attached hydrogens (tertiary/aromatic N) is 1. The van der Waals surface area contributed by atoms with Gasteiger partial charge in [-0.25, -0.2) is 0 Å². The summed E-state index contributed by atoms with van der Waals surface area (Å²) < 4.78 is 5.81. The molecule has 3 rings (SSSR count). The molecule has 2 aromatic heterocycles. The molecule has 3 heteroatoms. The molecule has 0 aliphatic carbocycles. The molecular formula is C17H15NO2. The lowest BCUT2D eigenvalue weighted by atomic mass is 9.96. The van der Waals surface area contributed by atoms with Crippen LogP contribution in [-0.2, 0) is 0 Å². The fraction of sp³-hybridized carbons (Fsp3) is 0.176. The minimum atomic E-state index is -0.0905. The molecule has 3 aromatic rings. The lowest BCUT2D eigenvalue weighted by molar-refractivity contribution is 0.101. The number of pyridine rings is 1. The predicted molar refractivity (Wildman–Crippen MR) is 78.0 cm³/mol. The molecule has 0 aliphatic rings. The fourth-order valence-corrected chi connectivity index (χ4v) is 2.44. The van der Waals surface area contributed by atoms with Gasteiger partial charge in [-0.15, -0.1) is 0 Å². The quantitative estimate of drug-likeness (QED) is 0.667. The Bertz CT molecular complexity index is 757. The first-order valence-corrected chi connectivity index (χ1v) is 6.64. The third kappa shape index (κ3) is 2.01. The Kier molecular flexibility index (Phi) is 3.11. The second-order valence-electron chi connectivity index (χ2n) is 5.06. The molecule has 0 amide bonds. The Labute approximate surface area is 117 Å². The van der Waals surface area contributed by atoms with Crippen molar-refractivity contribution < 1.29 is 9.21 Å². The monoisotopic (exact) mass is 265 g/mol. The van der Waals surface area contributed by atoms with Gasteiger partial charge in [-0.2, -0.15) is 0 Å². The molecule has 0 aliphatic heterocycles. The number of aromatic nitrogens is 1. The number of furan rings is 1. The van der Waals surface area contributed by atoms with Gasteiger partial charge in [0.05, 0.1) is 0 Å². The van der Waals surface area contributed by atoms with Crippen molar-refractivity contribution in [3.63, 3.8) is 0 Å². The Morgan fingerprint density at radius 2 is 1.80 bits per heavy atom. The summed E-state index contributed by atoms with van der Waals surface area (Å²) in [4.78, 5) is 16.6. The van der Waals surface area contributed by atoms with E-state index in [9.17, 15) is 4.79 Å². The van der Waals surface area contributed by atoms with Gasteiger partial charge < -0.3 is 4.42 Å². The highest BCUT2D eigenvalue weighted by Crippen LogP contribution is 2.32. The third-order valence-corrected chi connectivity index (χ3v) is 3.36. The van der Waals surface area contributed by atoms with Crippen LogP contribution in [-0.4, -0.2) is 10.8 Å². The van der Waals surface area contributed by atoms with Crippen LogP contribution in [0, 0.1) is 0 Å². The fourth-order valence-electron chi connectivity index (χ4n) is 2.44. The smallest absolute Gasteiger partial charge is 0.228 e. The van der Waals surface area contributed by atoms with Crippen LogP contribution < -0.4 is 0 Å². The maximum atomic E-state index is 12.6. The Morgan fingerprint density at radius 3 is 2.50 bits per heavy atom. The number of rotatable bonds is 3. The SMILES string of the molecule is CC(C)c1c(C(=O)c2ccncc2)oc2ccccc12.